The van der Waals surface area contributed by atoms with E-state index in [1.807, 2.05) is 201 Å². The van der Waals surface area contributed by atoms with Gasteiger partial charge in [0.15, 0.2) is 0 Å². The van der Waals surface area contributed by atoms with Crippen LogP contribution in [0.15, 0.2) is 530 Å². The second-order valence-corrected chi connectivity index (χ2v) is 34.5. The number of hydrogen-bond donors (Lipinski definition) is 0. The van der Waals surface area contributed by atoms with Crippen LogP contribution < -0.4 is 0 Å². The first-order valence-corrected chi connectivity index (χ1v) is 47.4. The van der Waals surface area contributed by atoms with Gasteiger partial charge in [-0.2, -0.15) is 0 Å². The number of pyridine rings is 13. The highest BCUT2D eigenvalue weighted by atomic mass is 14.8. The van der Waals surface area contributed by atoms with Crippen LogP contribution >= 0.6 is 0 Å². The molecule has 14 heterocycles. The molecule has 0 saturated carbocycles. The van der Waals surface area contributed by atoms with E-state index >= 15 is 0 Å². The Morgan fingerprint density at radius 3 is 0.486 bits per heavy atom. The Morgan fingerprint density at radius 2 is 0.264 bits per heavy atom. The molecule has 15 heteroatoms. The fraction of sp³-hybridized carbons (Fsp3) is 0. The molecule has 0 N–H and O–H groups in total. The summed E-state index contributed by atoms with van der Waals surface area (Å²) in [4.78, 5) is 67.5. The number of hydrogen-bond acceptors (Lipinski definition) is 15. The molecule has 0 bridgehead atoms. The van der Waals surface area contributed by atoms with Crippen LogP contribution in [0.3, 0.4) is 0 Å². The summed E-state index contributed by atoms with van der Waals surface area (Å²) in [6.07, 6.45) is 30.9. The Morgan fingerprint density at radius 1 is 0.0903 bits per heavy atom. The minimum Gasteiger partial charge on any atom is -0.264 e. The van der Waals surface area contributed by atoms with Gasteiger partial charge in [0.05, 0.1) is 68.3 Å². The van der Waals surface area contributed by atoms with Crippen molar-refractivity contribution < 1.29 is 0 Å². The highest BCUT2D eigenvalue weighted by Crippen LogP contribution is 2.43. The summed E-state index contributed by atoms with van der Waals surface area (Å²) >= 11 is 0. The van der Waals surface area contributed by atoms with Crippen molar-refractivity contribution in [2.45, 2.75) is 0 Å². The Bertz CT molecular complexity index is 7380. The summed E-state index contributed by atoms with van der Waals surface area (Å²) < 4.78 is 0. The van der Waals surface area contributed by atoms with E-state index < -0.39 is 0 Å². The van der Waals surface area contributed by atoms with Crippen molar-refractivity contribution in [3.63, 3.8) is 0 Å². The number of benzene rings is 10. The smallest absolute Gasteiger partial charge is 0.115 e. The summed E-state index contributed by atoms with van der Waals surface area (Å²) in [5.74, 6) is 0. The van der Waals surface area contributed by atoms with Crippen molar-refractivity contribution in [1.82, 2.24) is 74.8 Å². The fourth-order valence-electron chi connectivity index (χ4n) is 17.9. The third kappa shape index (κ3) is 21.0. The van der Waals surface area contributed by atoms with Crippen LogP contribution in [-0.4, -0.2) is 74.8 Å². The summed E-state index contributed by atoms with van der Waals surface area (Å²) in [7, 11) is 0. The monoisotopic (exact) mass is 1850 g/mol. The Hall–Kier alpha value is -19.8. The van der Waals surface area contributed by atoms with Crippen LogP contribution in [0.1, 0.15) is 0 Å². The maximum atomic E-state index is 4.59. The SMILES string of the molecule is c1ccc(-c2cc(-c3cccc(-c4cc(-c5cccnc5)cc(-c5cccc(-c6ccnc(-c7ccccn7)c6)c5)c4)c3)ccn2)nc1.c1ccc(-c2cc(-c3cccc(-c4cc(-c5cncnc5)cc(-c5cccc(-c6ccnc(-c7ccccn7)c6)c5)c4)c3)ccn2)nc1.c1ccc(-c2cc(-c3cccc(-c4ccnc(-c5ccccn5)c4)c3)cc(-c3cccc(-c4ccnc(-c5ccccn5)c4)c3)c2)cc1. The van der Waals surface area contributed by atoms with Gasteiger partial charge >= 0.3 is 0 Å². The standard InChI is InChI=1S/C44H30N4.C43H29N5.C42H28N6/c1-2-10-31(11-3-1)38-26-39(34-14-8-12-32(24-34)36-18-22-47-43(29-36)41-16-4-6-20-45-41)28-40(27-38)35-15-9-13-33(25-35)37-19-23-48-44(30-37)42-17-5-7-21-46-42;1-3-18-45-40(13-1)42-27-34(15-20-47-42)30-8-5-10-32(22-30)37-24-38(26-39(25-37)36-12-7-17-44-29-36)33-11-6-9-31(23-33)35-16-21-48-43(28-35)41-14-2-4-19-46-41;1-3-15-45-39(11-1)41-24-33(13-17-47-41)29-7-5-9-31(19-29)35-21-36(23-37(22-35)38-26-43-28-44-27-38)32-10-6-8-30(20-32)34-14-18-48-42(25-34)40-12-2-4-16-46-40/h1-30H;1-29H;1-28H. The topological polar surface area (TPSA) is 193 Å². The van der Waals surface area contributed by atoms with E-state index in [0.717, 1.165) is 224 Å². The highest BCUT2D eigenvalue weighted by molar-refractivity contribution is 5.90. The van der Waals surface area contributed by atoms with Crippen LogP contribution in [-0.2, 0) is 0 Å². The van der Waals surface area contributed by atoms with E-state index in [1.54, 1.807) is 43.5 Å². The summed E-state index contributed by atoms with van der Waals surface area (Å²) in [6.45, 7) is 0. The van der Waals surface area contributed by atoms with Gasteiger partial charge in [0.2, 0.25) is 0 Å². The molecule has 0 aliphatic heterocycles. The zero-order valence-corrected chi connectivity index (χ0v) is 77.9. The van der Waals surface area contributed by atoms with Gasteiger partial charge in [-0.3, -0.25) is 64.8 Å². The van der Waals surface area contributed by atoms with Gasteiger partial charge in [0.1, 0.15) is 6.33 Å². The molecule has 24 aromatic rings. The van der Waals surface area contributed by atoms with Gasteiger partial charge in [0, 0.05) is 110 Å². The van der Waals surface area contributed by atoms with Gasteiger partial charge in [0.25, 0.3) is 0 Å². The first-order chi connectivity index (χ1) is 71.3. The Labute approximate surface area is 834 Å². The van der Waals surface area contributed by atoms with Gasteiger partial charge in [-0.15, -0.1) is 0 Å². The minimum absolute atomic E-state index is 0.841. The lowest BCUT2D eigenvalue weighted by Gasteiger charge is -2.13. The molecular formula is C129H87N15. The maximum absolute atomic E-state index is 4.59. The van der Waals surface area contributed by atoms with E-state index in [2.05, 4.69) is 360 Å². The predicted octanol–water partition coefficient (Wildman–Crippen LogP) is 31.0. The molecule has 15 nitrogen and oxygen atoms in total. The number of aromatic nitrogens is 15. The molecule has 0 unspecified atom stereocenters. The van der Waals surface area contributed by atoms with E-state index in [0.29, 0.717) is 0 Å². The fourth-order valence-corrected chi connectivity index (χ4v) is 17.9. The van der Waals surface area contributed by atoms with Crippen LogP contribution in [0.4, 0.5) is 0 Å². The maximum Gasteiger partial charge on any atom is 0.115 e. The lowest BCUT2D eigenvalue weighted by Crippen LogP contribution is -1.90. The average Bonchev–Trinajstić information content (AvgIpc) is 0.790. The molecule has 0 spiro atoms. The van der Waals surface area contributed by atoms with Crippen LogP contribution in [0.2, 0.25) is 0 Å². The summed E-state index contributed by atoms with van der Waals surface area (Å²) in [5, 5.41) is 0. The number of nitrogens with zero attached hydrogens (tertiary/aromatic N) is 15. The molecule has 14 aromatic heterocycles. The Kier molecular flexibility index (Phi) is 26.4. The molecule has 0 aliphatic carbocycles. The molecule has 24 rings (SSSR count). The van der Waals surface area contributed by atoms with E-state index in [4.69, 9.17) is 0 Å². The molecule has 0 amide bonds. The summed E-state index contributed by atoms with van der Waals surface area (Å²) in [6, 6.07) is 147. The molecule has 0 atom stereocenters. The first kappa shape index (κ1) is 89.4. The second-order valence-electron chi connectivity index (χ2n) is 34.5. The van der Waals surface area contributed by atoms with E-state index in [-0.39, 0.29) is 0 Å². The molecule has 0 saturated heterocycles. The predicted molar refractivity (Wildman–Crippen MR) is 580 cm³/mol. The van der Waals surface area contributed by atoms with Crippen molar-refractivity contribution in [2.24, 2.45) is 0 Å². The number of rotatable bonds is 21. The molecule has 10 aromatic carbocycles. The average molecular weight is 1850 g/mol. The van der Waals surface area contributed by atoms with Crippen molar-refractivity contribution >= 4 is 0 Å². The molecule has 144 heavy (non-hydrogen) atoms. The van der Waals surface area contributed by atoms with Gasteiger partial charge in [-0.25, -0.2) is 9.97 Å². The van der Waals surface area contributed by atoms with Crippen LogP contribution in [0, 0.1) is 0 Å². The third-order valence-electron chi connectivity index (χ3n) is 25.1. The van der Waals surface area contributed by atoms with Gasteiger partial charge in [-0.1, -0.05) is 182 Å². The molecule has 0 radical (unpaired) electrons. The zero-order chi connectivity index (χ0) is 96.4. The summed E-state index contributed by atoms with van der Waals surface area (Å²) in [5.41, 5.74) is 43.4. The quantitative estimate of drug-likeness (QED) is 0.0659. The first-order valence-electron chi connectivity index (χ1n) is 47.4. The third-order valence-corrected chi connectivity index (χ3v) is 25.1. The lowest BCUT2D eigenvalue weighted by molar-refractivity contribution is 1.17. The second kappa shape index (κ2) is 42.5. The zero-order valence-electron chi connectivity index (χ0n) is 77.9. The molecule has 0 aliphatic rings. The highest BCUT2D eigenvalue weighted by Gasteiger charge is 2.19. The minimum atomic E-state index is 0.841. The lowest BCUT2D eigenvalue weighted by atomic mass is 9.91. The van der Waals surface area contributed by atoms with Crippen molar-refractivity contribution in [2.75, 3.05) is 0 Å². The van der Waals surface area contributed by atoms with Crippen molar-refractivity contribution in [3.8, 4) is 235 Å². The van der Waals surface area contributed by atoms with Crippen molar-refractivity contribution in [1.29, 1.82) is 0 Å². The largest absolute Gasteiger partial charge is 0.264 e. The molecular weight excluding hydrogens is 1760 g/mol. The van der Waals surface area contributed by atoms with Crippen LogP contribution in [0.25, 0.3) is 235 Å². The Balaban J connectivity index is 0.000000123. The van der Waals surface area contributed by atoms with E-state index in [9.17, 15) is 0 Å². The molecule has 678 valence electrons. The van der Waals surface area contributed by atoms with Crippen molar-refractivity contribution in [3.05, 3.63) is 530 Å². The van der Waals surface area contributed by atoms with E-state index in [1.165, 1.54) is 11.1 Å². The van der Waals surface area contributed by atoms with Gasteiger partial charge in [-0.05, 0) is 398 Å². The van der Waals surface area contributed by atoms with Gasteiger partial charge < -0.3 is 0 Å². The normalized spacial score (nSPS) is 10.9. The molecule has 0 fully saturated rings. The van der Waals surface area contributed by atoms with Crippen LogP contribution in [0.5, 0.6) is 0 Å².